The number of rotatable bonds is 13. The maximum Gasteiger partial charge on any atom is 0.162 e. The molecule has 0 aliphatic heterocycles. The van der Waals surface area contributed by atoms with Crippen molar-refractivity contribution in [1.82, 2.24) is 0 Å². The molecule has 0 spiro atoms. The van der Waals surface area contributed by atoms with Crippen LogP contribution >= 0.6 is 0 Å². The van der Waals surface area contributed by atoms with Crippen molar-refractivity contribution in [3.05, 3.63) is 34.9 Å². The molecule has 1 rings (SSSR count). The smallest absolute Gasteiger partial charge is 0.162 e. The average molecular weight is 353 g/mol. The summed E-state index contributed by atoms with van der Waals surface area (Å²) in [5.74, 6) is 0.306. The van der Waals surface area contributed by atoms with Crippen LogP contribution in [0.2, 0.25) is 0 Å². The number of aryl methyl sites for hydroxylation is 2. The predicted octanol–water partition coefficient (Wildman–Crippen LogP) is 8.01. The Morgan fingerprint density at radius 3 is 2.00 bits per heavy atom. The van der Waals surface area contributed by atoms with Crippen molar-refractivity contribution in [2.24, 2.45) is 11.8 Å². The van der Waals surface area contributed by atoms with Gasteiger partial charge in [0.2, 0.25) is 0 Å². The lowest BCUT2D eigenvalue weighted by Gasteiger charge is -2.19. The van der Waals surface area contributed by atoms with Crippen LogP contribution in [0.25, 0.3) is 0 Å². The topological polar surface area (TPSA) is 0 Å². The molecule has 0 saturated heterocycles. The molecule has 0 nitrogen and oxygen atoms in total. The van der Waals surface area contributed by atoms with Gasteiger partial charge in [0.1, 0.15) is 0 Å². The molecular formula is C23H38F2. The summed E-state index contributed by atoms with van der Waals surface area (Å²) in [6, 6.07) is 3.44. The molecule has 0 radical (unpaired) electrons. The second-order valence-corrected chi connectivity index (χ2v) is 7.71. The summed E-state index contributed by atoms with van der Waals surface area (Å²) < 4.78 is 27.6. The highest BCUT2D eigenvalue weighted by Crippen LogP contribution is 2.26. The van der Waals surface area contributed by atoms with Gasteiger partial charge in [0, 0.05) is 0 Å². The fourth-order valence-corrected chi connectivity index (χ4v) is 3.96. The Labute approximate surface area is 154 Å². The van der Waals surface area contributed by atoms with Crippen molar-refractivity contribution >= 4 is 0 Å². The van der Waals surface area contributed by atoms with E-state index in [1.54, 1.807) is 19.1 Å². The molecule has 0 aliphatic carbocycles. The van der Waals surface area contributed by atoms with Gasteiger partial charge in [-0.25, -0.2) is 8.78 Å². The molecule has 25 heavy (non-hydrogen) atoms. The molecule has 1 aromatic rings. The van der Waals surface area contributed by atoms with E-state index in [1.165, 1.54) is 51.4 Å². The van der Waals surface area contributed by atoms with E-state index in [0.29, 0.717) is 17.5 Å². The maximum atomic E-state index is 14.0. The maximum absolute atomic E-state index is 14.0. The zero-order chi connectivity index (χ0) is 18.7. The van der Waals surface area contributed by atoms with Gasteiger partial charge in [-0.15, -0.1) is 0 Å². The molecule has 2 unspecified atom stereocenters. The Bertz CT molecular complexity index is 481. The van der Waals surface area contributed by atoms with Crippen molar-refractivity contribution in [3.8, 4) is 0 Å². The molecule has 2 atom stereocenters. The third-order valence-electron chi connectivity index (χ3n) is 5.61. The van der Waals surface area contributed by atoms with Gasteiger partial charge in [-0.1, -0.05) is 90.7 Å². The summed E-state index contributed by atoms with van der Waals surface area (Å²) in [6.07, 6.45) is 13.1. The molecule has 144 valence electrons. The number of benzene rings is 1. The first-order chi connectivity index (χ1) is 12.0. The molecule has 0 aromatic heterocycles. The first-order valence-electron chi connectivity index (χ1n) is 10.5. The Morgan fingerprint density at radius 1 is 0.760 bits per heavy atom. The third kappa shape index (κ3) is 7.88. The highest BCUT2D eigenvalue weighted by molar-refractivity contribution is 5.25. The van der Waals surface area contributed by atoms with Gasteiger partial charge in [0.25, 0.3) is 0 Å². The second-order valence-electron chi connectivity index (χ2n) is 7.71. The molecule has 0 fully saturated rings. The largest absolute Gasteiger partial charge is 0.203 e. The van der Waals surface area contributed by atoms with Crippen molar-refractivity contribution in [1.29, 1.82) is 0 Å². The molecule has 0 N–H and O–H groups in total. The summed E-state index contributed by atoms with van der Waals surface area (Å²) in [4.78, 5) is 0. The Hall–Kier alpha value is -0.920. The molecule has 0 amide bonds. The third-order valence-corrected chi connectivity index (χ3v) is 5.61. The standard InChI is InChI=1S/C23H38F2/c1-5-10-19(7-3)12-8-13-20(11-6-2)14-9-15-21-17-16-18(4)22(24)23(21)25/h16-17,19-20H,5-15H2,1-4H3. The number of hydrogen-bond acceptors (Lipinski definition) is 0. The van der Waals surface area contributed by atoms with Gasteiger partial charge < -0.3 is 0 Å². The van der Waals surface area contributed by atoms with E-state index in [-0.39, 0.29) is 0 Å². The fraction of sp³-hybridized carbons (Fsp3) is 0.739. The first kappa shape index (κ1) is 22.1. The lowest BCUT2D eigenvalue weighted by atomic mass is 9.87. The lowest BCUT2D eigenvalue weighted by Crippen LogP contribution is -2.05. The van der Waals surface area contributed by atoms with Gasteiger partial charge in [-0.2, -0.15) is 0 Å². The number of halogens is 2. The van der Waals surface area contributed by atoms with E-state index in [1.807, 2.05) is 0 Å². The van der Waals surface area contributed by atoms with Crippen LogP contribution in [-0.4, -0.2) is 0 Å². The van der Waals surface area contributed by atoms with E-state index in [9.17, 15) is 8.78 Å². The predicted molar refractivity (Wildman–Crippen MR) is 105 cm³/mol. The summed E-state index contributed by atoms with van der Waals surface area (Å²) in [6.45, 7) is 8.43. The van der Waals surface area contributed by atoms with Crippen LogP contribution in [0.5, 0.6) is 0 Å². The highest BCUT2D eigenvalue weighted by atomic mass is 19.2. The molecule has 0 saturated carbocycles. The second kappa shape index (κ2) is 12.4. The van der Waals surface area contributed by atoms with Gasteiger partial charge in [-0.05, 0) is 42.7 Å². The Balaban J connectivity index is 2.41. The van der Waals surface area contributed by atoms with Gasteiger partial charge >= 0.3 is 0 Å². The van der Waals surface area contributed by atoms with Crippen molar-refractivity contribution in [3.63, 3.8) is 0 Å². The monoisotopic (exact) mass is 352 g/mol. The normalized spacial score (nSPS) is 13.8. The lowest BCUT2D eigenvalue weighted by molar-refractivity contribution is 0.350. The van der Waals surface area contributed by atoms with Crippen molar-refractivity contribution in [2.75, 3.05) is 0 Å². The zero-order valence-electron chi connectivity index (χ0n) is 16.8. The van der Waals surface area contributed by atoms with E-state index in [0.717, 1.165) is 24.7 Å². The van der Waals surface area contributed by atoms with Crippen LogP contribution in [0.1, 0.15) is 96.1 Å². The summed E-state index contributed by atoms with van der Waals surface area (Å²) >= 11 is 0. The average Bonchev–Trinajstić information content (AvgIpc) is 2.60. The molecule has 0 heterocycles. The zero-order valence-corrected chi connectivity index (χ0v) is 16.8. The van der Waals surface area contributed by atoms with Crippen LogP contribution in [0, 0.1) is 30.4 Å². The summed E-state index contributed by atoms with van der Waals surface area (Å²) in [7, 11) is 0. The van der Waals surface area contributed by atoms with Gasteiger partial charge in [0.15, 0.2) is 11.6 Å². The molecule has 1 aromatic carbocycles. The molecular weight excluding hydrogens is 314 g/mol. The SMILES string of the molecule is CCCC(CC)CCCC(CCC)CCCc1ccc(C)c(F)c1F. The molecule has 2 heteroatoms. The summed E-state index contributed by atoms with van der Waals surface area (Å²) in [5.41, 5.74) is 0.926. The van der Waals surface area contributed by atoms with E-state index < -0.39 is 11.6 Å². The first-order valence-corrected chi connectivity index (χ1v) is 10.5. The van der Waals surface area contributed by atoms with Crippen LogP contribution in [0.4, 0.5) is 8.78 Å². The Kier molecular flexibility index (Phi) is 11.0. The van der Waals surface area contributed by atoms with E-state index >= 15 is 0 Å². The molecule has 0 bridgehead atoms. The van der Waals surface area contributed by atoms with Gasteiger partial charge in [-0.3, -0.25) is 0 Å². The van der Waals surface area contributed by atoms with Crippen LogP contribution < -0.4 is 0 Å². The minimum atomic E-state index is -0.677. The van der Waals surface area contributed by atoms with Crippen molar-refractivity contribution in [2.45, 2.75) is 98.3 Å². The van der Waals surface area contributed by atoms with E-state index in [2.05, 4.69) is 20.8 Å². The minimum Gasteiger partial charge on any atom is -0.203 e. The van der Waals surface area contributed by atoms with E-state index in [4.69, 9.17) is 0 Å². The van der Waals surface area contributed by atoms with Crippen molar-refractivity contribution < 1.29 is 8.78 Å². The van der Waals surface area contributed by atoms with Crippen LogP contribution in [0.3, 0.4) is 0 Å². The Morgan fingerprint density at radius 2 is 1.36 bits per heavy atom. The van der Waals surface area contributed by atoms with Crippen LogP contribution in [-0.2, 0) is 6.42 Å². The van der Waals surface area contributed by atoms with Gasteiger partial charge in [0.05, 0.1) is 0 Å². The molecule has 0 aliphatic rings. The van der Waals surface area contributed by atoms with Crippen LogP contribution in [0.15, 0.2) is 12.1 Å². The quantitative estimate of drug-likeness (QED) is 0.337. The fourth-order valence-electron chi connectivity index (χ4n) is 3.96. The number of hydrogen-bond donors (Lipinski definition) is 0. The minimum absolute atomic E-state index is 0.391. The summed E-state index contributed by atoms with van der Waals surface area (Å²) in [5, 5.41) is 0. The highest BCUT2D eigenvalue weighted by Gasteiger charge is 2.13.